The fraction of sp³-hybridized carbons (Fsp3) is 0.471. The van der Waals surface area contributed by atoms with E-state index in [0.29, 0.717) is 42.9 Å². The van der Waals surface area contributed by atoms with Crippen LogP contribution < -0.4 is 5.32 Å². The molecule has 1 aromatic carbocycles. The lowest BCUT2D eigenvalue weighted by Gasteiger charge is -2.32. The third kappa shape index (κ3) is 3.75. The lowest BCUT2D eigenvalue weighted by Crippen LogP contribution is -2.45. The number of hydrogen-bond donors (Lipinski definition) is 2. The van der Waals surface area contributed by atoms with Crippen LogP contribution in [0.1, 0.15) is 29.6 Å². The number of carboxylic acid groups (broad SMARTS) is 1. The van der Waals surface area contributed by atoms with E-state index in [1.54, 1.807) is 4.90 Å². The van der Waals surface area contributed by atoms with Crippen LogP contribution >= 0.6 is 23.2 Å². The predicted molar refractivity (Wildman–Crippen MR) is 92.8 cm³/mol. The Labute approximate surface area is 155 Å². The summed E-state index contributed by atoms with van der Waals surface area (Å²) in [5, 5.41) is 12.3. The van der Waals surface area contributed by atoms with Crippen LogP contribution in [0, 0.1) is 11.3 Å². The maximum atomic E-state index is 12.2. The molecule has 3 rings (SSSR count). The summed E-state index contributed by atoms with van der Waals surface area (Å²) in [5.74, 6) is -1.57. The van der Waals surface area contributed by atoms with Crippen LogP contribution in [0.3, 0.4) is 0 Å². The molecule has 1 spiro atoms. The molecule has 1 atom stereocenters. The predicted octanol–water partition coefficient (Wildman–Crippen LogP) is 2.44. The van der Waals surface area contributed by atoms with Gasteiger partial charge in [-0.3, -0.25) is 14.4 Å². The second kappa shape index (κ2) is 6.84. The number of rotatable bonds is 4. The first kappa shape index (κ1) is 18.0. The highest BCUT2D eigenvalue weighted by Crippen LogP contribution is 2.59. The number of halogens is 2. The molecule has 1 aromatic rings. The van der Waals surface area contributed by atoms with Crippen molar-refractivity contribution in [2.75, 3.05) is 19.6 Å². The van der Waals surface area contributed by atoms with Crippen molar-refractivity contribution in [3.05, 3.63) is 33.8 Å². The van der Waals surface area contributed by atoms with Crippen LogP contribution in [0.2, 0.25) is 10.0 Å². The smallest absolute Gasteiger partial charge is 0.307 e. The van der Waals surface area contributed by atoms with Gasteiger partial charge in [0.1, 0.15) is 0 Å². The van der Waals surface area contributed by atoms with Gasteiger partial charge in [0.2, 0.25) is 5.91 Å². The van der Waals surface area contributed by atoms with Crippen LogP contribution in [-0.2, 0) is 9.59 Å². The maximum Gasteiger partial charge on any atom is 0.307 e. The zero-order valence-electron chi connectivity index (χ0n) is 13.4. The van der Waals surface area contributed by atoms with Crippen molar-refractivity contribution in [1.82, 2.24) is 10.2 Å². The Morgan fingerprint density at radius 1 is 1.20 bits per heavy atom. The number of carbonyl (C=O) groups is 3. The Morgan fingerprint density at radius 3 is 2.44 bits per heavy atom. The molecule has 25 heavy (non-hydrogen) atoms. The third-order valence-corrected chi connectivity index (χ3v) is 5.92. The molecule has 0 bridgehead atoms. The van der Waals surface area contributed by atoms with E-state index in [0.717, 1.165) is 0 Å². The van der Waals surface area contributed by atoms with Crippen molar-refractivity contribution < 1.29 is 19.5 Å². The van der Waals surface area contributed by atoms with Gasteiger partial charge < -0.3 is 15.3 Å². The highest BCUT2D eigenvalue weighted by molar-refractivity contribution is 6.42. The van der Waals surface area contributed by atoms with Crippen LogP contribution in [0.4, 0.5) is 0 Å². The number of carbonyl (C=O) groups excluding carboxylic acids is 2. The molecular weight excluding hydrogens is 367 g/mol. The quantitative estimate of drug-likeness (QED) is 0.834. The highest BCUT2D eigenvalue weighted by Gasteiger charge is 2.59. The fourth-order valence-electron chi connectivity index (χ4n) is 3.46. The van der Waals surface area contributed by atoms with Gasteiger partial charge in [-0.15, -0.1) is 0 Å². The number of nitrogens with one attached hydrogen (secondary N) is 1. The Morgan fingerprint density at radius 2 is 1.88 bits per heavy atom. The van der Waals surface area contributed by atoms with E-state index in [-0.39, 0.29) is 28.8 Å². The summed E-state index contributed by atoms with van der Waals surface area (Å²) in [4.78, 5) is 37.1. The van der Waals surface area contributed by atoms with Crippen molar-refractivity contribution in [2.45, 2.75) is 19.3 Å². The van der Waals surface area contributed by atoms with Gasteiger partial charge in [0.15, 0.2) is 0 Å². The summed E-state index contributed by atoms with van der Waals surface area (Å²) in [7, 11) is 0. The number of nitrogens with zero attached hydrogens (tertiary/aromatic N) is 1. The Hall–Kier alpha value is -1.79. The van der Waals surface area contributed by atoms with Crippen LogP contribution in [0.15, 0.2) is 18.2 Å². The van der Waals surface area contributed by atoms with E-state index >= 15 is 0 Å². The first-order valence-electron chi connectivity index (χ1n) is 8.06. The largest absolute Gasteiger partial charge is 0.481 e. The number of amides is 2. The zero-order chi connectivity index (χ0) is 18.2. The number of piperidine rings is 1. The van der Waals surface area contributed by atoms with Crippen molar-refractivity contribution in [3.8, 4) is 0 Å². The minimum absolute atomic E-state index is 0.103. The summed E-state index contributed by atoms with van der Waals surface area (Å²) in [6.45, 7) is 0.963. The zero-order valence-corrected chi connectivity index (χ0v) is 14.9. The van der Waals surface area contributed by atoms with Gasteiger partial charge in [-0.05, 0) is 42.9 Å². The van der Waals surface area contributed by atoms with Gasteiger partial charge in [0.05, 0.1) is 22.5 Å². The summed E-state index contributed by atoms with van der Waals surface area (Å²) >= 11 is 11.7. The van der Waals surface area contributed by atoms with E-state index < -0.39 is 11.9 Å². The lowest BCUT2D eigenvalue weighted by atomic mass is 9.91. The van der Waals surface area contributed by atoms with E-state index in [9.17, 15) is 14.4 Å². The van der Waals surface area contributed by atoms with Crippen molar-refractivity contribution in [2.24, 2.45) is 11.3 Å². The number of hydrogen-bond acceptors (Lipinski definition) is 3. The van der Waals surface area contributed by atoms with Crippen LogP contribution in [-0.4, -0.2) is 47.4 Å². The lowest BCUT2D eigenvalue weighted by molar-refractivity contribution is -0.139. The SMILES string of the molecule is O=C(NCC(=O)N1CCC2(CC1)CC2C(=O)O)c1ccc(Cl)c(Cl)c1. The molecule has 1 aliphatic heterocycles. The molecule has 2 amide bonds. The second-order valence-electron chi connectivity index (χ2n) is 6.65. The van der Waals surface area contributed by atoms with Crippen molar-refractivity contribution in [3.63, 3.8) is 0 Å². The number of likely N-dealkylation sites (tertiary alicyclic amines) is 1. The first-order chi connectivity index (χ1) is 11.8. The average Bonchev–Trinajstić information content (AvgIpc) is 3.29. The number of benzene rings is 1. The van der Waals surface area contributed by atoms with Crippen LogP contribution in [0.5, 0.6) is 0 Å². The summed E-state index contributed by atoms with van der Waals surface area (Å²) in [6, 6.07) is 4.52. The van der Waals surface area contributed by atoms with Crippen molar-refractivity contribution >= 4 is 41.0 Å². The first-order valence-corrected chi connectivity index (χ1v) is 8.82. The van der Waals surface area contributed by atoms with Crippen LogP contribution in [0.25, 0.3) is 0 Å². The molecule has 1 heterocycles. The molecule has 8 heteroatoms. The third-order valence-electron chi connectivity index (χ3n) is 5.18. The fourth-order valence-corrected chi connectivity index (χ4v) is 3.76. The monoisotopic (exact) mass is 384 g/mol. The van der Waals surface area contributed by atoms with Gasteiger partial charge in [0, 0.05) is 18.7 Å². The molecule has 2 N–H and O–H groups in total. The Balaban J connectivity index is 1.48. The van der Waals surface area contributed by atoms with E-state index in [2.05, 4.69) is 5.32 Å². The molecule has 1 unspecified atom stereocenters. The molecule has 1 aliphatic carbocycles. The number of carboxylic acids is 1. The average molecular weight is 385 g/mol. The Kier molecular flexibility index (Phi) is 4.93. The molecule has 6 nitrogen and oxygen atoms in total. The van der Waals surface area contributed by atoms with Gasteiger partial charge in [-0.1, -0.05) is 23.2 Å². The Bertz CT molecular complexity index is 729. The molecule has 1 saturated heterocycles. The van der Waals surface area contributed by atoms with E-state index in [1.165, 1.54) is 18.2 Å². The normalized spacial score (nSPS) is 21.0. The van der Waals surface area contributed by atoms with Gasteiger partial charge in [0.25, 0.3) is 5.91 Å². The maximum absolute atomic E-state index is 12.2. The molecule has 0 radical (unpaired) electrons. The molecular formula is C17H18Cl2N2O4. The van der Waals surface area contributed by atoms with Gasteiger partial charge in [-0.2, -0.15) is 0 Å². The molecule has 0 aromatic heterocycles. The second-order valence-corrected chi connectivity index (χ2v) is 7.46. The highest BCUT2D eigenvalue weighted by atomic mass is 35.5. The standard InChI is InChI=1S/C17H18Cl2N2O4/c18-12-2-1-10(7-13(12)19)15(23)20-9-14(22)21-5-3-17(4-6-21)8-11(17)16(24)25/h1-2,7,11H,3-6,8-9H2,(H,20,23)(H,24,25). The molecule has 134 valence electrons. The van der Waals surface area contributed by atoms with Gasteiger partial charge >= 0.3 is 5.97 Å². The summed E-state index contributed by atoms with van der Waals surface area (Å²) in [6.07, 6.45) is 2.12. The molecule has 2 fully saturated rings. The minimum atomic E-state index is -0.742. The molecule has 2 aliphatic rings. The summed E-state index contributed by atoms with van der Waals surface area (Å²) < 4.78 is 0. The molecule has 1 saturated carbocycles. The van der Waals surface area contributed by atoms with E-state index in [4.69, 9.17) is 28.3 Å². The van der Waals surface area contributed by atoms with E-state index in [1.807, 2.05) is 0 Å². The number of aliphatic carboxylic acids is 1. The minimum Gasteiger partial charge on any atom is -0.481 e. The topological polar surface area (TPSA) is 86.7 Å². The van der Waals surface area contributed by atoms with Gasteiger partial charge in [-0.25, -0.2) is 0 Å². The van der Waals surface area contributed by atoms with Crippen molar-refractivity contribution in [1.29, 1.82) is 0 Å². The summed E-state index contributed by atoms with van der Waals surface area (Å²) in [5.41, 5.74) is 0.216.